The molecule has 0 radical (unpaired) electrons. The van der Waals surface area contributed by atoms with Crippen LogP contribution in [0.5, 0.6) is 0 Å². The van der Waals surface area contributed by atoms with Crippen molar-refractivity contribution in [1.82, 2.24) is 14.7 Å². The highest BCUT2D eigenvalue weighted by atomic mass is 16.3. The van der Waals surface area contributed by atoms with Gasteiger partial charge in [-0.3, -0.25) is 14.5 Å². The lowest BCUT2D eigenvalue weighted by Gasteiger charge is -2.35. The fourth-order valence-corrected chi connectivity index (χ4v) is 2.87. The Morgan fingerprint density at radius 3 is 2.30 bits per heavy atom. The van der Waals surface area contributed by atoms with Crippen LogP contribution in [0.3, 0.4) is 0 Å². The zero-order valence-electron chi connectivity index (χ0n) is 14.2. The standard InChI is InChI=1S/C17H27N3O3/c1-3-6-19(7-4-2)16(21)13-18-8-10-20(11-9-18)17(22)15-5-12-23-14-15/h5,12,14H,3-4,6-11,13H2,1-2H3. The number of nitrogens with zero attached hydrogens (tertiary/aromatic N) is 3. The predicted octanol–water partition coefficient (Wildman–Crippen LogP) is 1.69. The van der Waals surface area contributed by atoms with E-state index >= 15 is 0 Å². The zero-order chi connectivity index (χ0) is 16.7. The molecule has 6 heteroatoms. The Morgan fingerprint density at radius 2 is 1.78 bits per heavy atom. The van der Waals surface area contributed by atoms with Crippen LogP contribution < -0.4 is 0 Å². The molecule has 0 unspecified atom stereocenters. The smallest absolute Gasteiger partial charge is 0.257 e. The van der Waals surface area contributed by atoms with Crippen LogP contribution in [0.2, 0.25) is 0 Å². The van der Waals surface area contributed by atoms with Crippen LogP contribution in [0.15, 0.2) is 23.0 Å². The second-order valence-electron chi connectivity index (χ2n) is 5.96. The quantitative estimate of drug-likeness (QED) is 0.767. The molecule has 0 bridgehead atoms. The van der Waals surface area contributed by atoms with Gasteiger partial charge in [-0.2, -0.15) is 0 Å². The number of amides is 2. The summed E-state index contributed by atoms with van der Waals surface area (Å²) in [4.78, 5) is 30.5. The van der Waals surface area contributed by atoms with Gasteiger partial charge in [0, 0.05) is 39.3 Å². The maximum atomic E-state index is 12.4. The van der Waals surface area contributed by atoms with E-state index in [1.807, 2.05) is 9.80 Å². The number of carbonyl (C=O) groups excluding carboxylic acids is 2. The first-order valence-electron chi connectivity index (χ1n) is 8.47. The topological polar surface area (TPSA) is 57.0 Å². The van der Waals surface area contributed by atoms with Crippen molar-refractivity contribution in [3.05, 3.63) is 24.2 Å². The maximum absolute atomic E-state index is 12.4. The van der Waals surface area contributed by atoms with Gasteiger partial charge in [0.25, 0.3) is 5.91 Å². The Kier molecular flexibility index (Phi) is 6.65. The summed E-state index contributed by atoms with van der Waals surface area (Å²) >= 11 is 0. The van der Waals surface area contributed by atoms with Crippen molar-refractivity contribution in [1.29, 1.82) is 0 Å². The summed E-state index contributed by atoms with van der Waals surface area (Å²) in [6.45, 7) is 9.07. The zero-order valence-corrected chi connectivity index (χ0v) is 14.2. The molecule has 0 atom stereocenters. The van der Waals surface area contributed by atoms with Crippen molar-refractivity contribution in [3.8, 4) is 0 Å². The maximum Gasteiger partial charge on any atom is 0.257 e. The first-order valence-corrected chi connectivity index (χ1v) is 8.47. The van der Waals surface area contributed by atoms with Crippen LogP contribution in [-0.2, 0) is 4.79 Å². The second-order valence-corrected chi connectivity index (χ2v) is 5.96. The van der Waals surface area contributed by atoms with E-state index in [9.17, 15) is 9.59 Å². The summed E-state index contributed by atoms with van der Waals surface area (Å²) in [6, 6.07) is 1.69. The molecule has 1 aromatic rings. The monoisotopic (exact) mass is 321 g/mol. The molecule has 2 rings (SSSR count). The molecule has 1 aliphatic heterocycles. The minimum absolute atomic E-state index is 0.00307. The van der Waals surface area contributed by atoms with Crippen molar-refractivity contribution in [2.45, 2.75) is 26.7 Å². The van der Waals surface area contributed by atoms with E-state index in [1.54, 1.807) is 6.07 Å². The number of hydrogen-bond acceptors (Lipinski definition) is 4. The summed E-state index contributed by atoms with van der Waals surface area (Å²) < 4.78 is 4.96. The minimum Gasteiger partial charge on any atom is -0.472 e. The molecule has 0 spiro atoms. The number of furan rings is 1. The molecule has 128 valence electrons. The summed E-state index contributed by atoms with van der Waals surface area (Å²) in [7, 11) is 0. The number of carbonyl (C=O) groups is 2. The van der Waals surface area contributed by atoms with E-state index in [0.29, 0.717) is 25.2 Å². The van der Waals surface area contributed by atoms with E-state index in [2.05, 4.69) is 18.7 Å². The highest BCUT2D eigenvalue weighted by Crippen LogP contribution is 2.09. The van der Waals surface area contributed by atoms with Gasteiger partial charge in [0.1, 0.15) is 6.26 Å². The van der Waals surface area contributed by atoms with Crippen LogP contribution in [0.4, 0.5) is 0 Å². The van der Waals surface area contributed by atoms with Gasteiger partial charge in [-0.1, -0.05) is 13.8 Å². The summed E-state index contributed by atoms with van der Waals surface area (Å²) in [5, 5.41) is 0. The highest BCUT2D eigenvalue weighted by molar-refractivity contribution is 5.93. The van der Waals surface area contributed by atoms with E-state index in [-0.39, 0.29) is 11.8 Å². The van der Waals surface area contributed by atoms with Gasteiger partial charge in [-0.25, -0.2) is 0 Å². The Balaban J connectivity index is 1.80. The Bertz CT molecular complexity index is 487. The van der Waals surface area contributed by atoms with Gasteiger partial charge in [0.05, 0.1) is 18.4 Å². The minimum atomic E-state index is 0.00307. The number of piperazine rings is 1. The van der Waals surface area contributed by atoms with Gasteiger partial charge < -0.3 is 14.2 Å². The molecule has 6 nitrogen and oxygen atoms in total. The van der Waals surface area contributed by atoms with Crippen LogP contribution in [-0.4, -0.2) is 72.3 Å². The van der Waals surface area contributed by atoms with Crippen molar-refractivity contribution in [3.63, 3.8) is 0 Å². The van der Waals surface area contributed by atoms with Gasteiger partial charge in [-0.05, 0) is 18.9 Å². The van der Waals surface area contributed by atoms with Gasteiger partial charge in [0.2, 0.25) is 5.91 Å². The van der Waals surface area contributed by atoms with Crippen LogP contribution >= 0.6 is 0 Å². The largest absolute Gasteiger partial charge is 0.472 e. The molecular formula is C17H27N3O3. The first-order chi connectivity index (χ1) is 11.2. The first kappa shape index (κ1) is 17.5. The molecule has 2 heterocycles. The molecule has 1 aliphatic rings. The van der Waals surface area contributed by atoms with Gasteiger partial charge in [-0.15, -0.1) is 0 Å². The third-order valence-corrected chi connectivity index (χ3v) is 4.13. The molecule has 0 N–H and O–H groups in total. The fourth-order valence-electron chi connectivity index (χ4n) is 2.87. The van der Waals surface area contributed by atoms with E-state index < -0.39 is 0 Å². The van der Waals surface area contributed by atoms with Crippen molar-refractivity contribution < 1.29 is 14.0 Å². The Hall–Kier alpha value is -1.82. The lowest BCUT2D eigenvalue weighted by molar-refractivity contribution is -0.132. The average molecular weight is 321 g/mol. The number of rotatable bonds is 7. The third-order valence-electron chi connectivity index (χ3n) is 4.13. The highest BCUT2D eigenvalue weighted by Gasteiger charge is 2.24. The summed E-state index contributed by atoms with van der Waals surface area (Å²) in [5.74, 6) is 0.201. The predicted molar refractivity (Wildman–Crippen MR) is 88.2 cm³/mol. The number of hydrogen-bond donors (Lipinski definition) is 0. The molecule has 1 saturated heterocycles. The second kappa shape index (κ2) is 8.72. The molecule has 1 fully saturated rings. The third kappa shape index (κ3) is 4.82. The van der Waals surface area contributed by atoms with E-state index in [0.717, 1.165) is 39.0 Å². The average Bonchev–Trinajstić information content (AvgIpc) is 3.09. The van der Waals surface area contributed by atoms with E-state index in [4.69, 9.17) is 4.42 Å². The SMILES string of the molecule is CCCN(CCC)C(=O)CN1CCN(C(=O)c2ccoc2)CC1. The molecule has 0 aromatic carbocycles. The summed E-state index contributed by atoms with van der Waals surface area (Å²) in [6.07, 6.45) is 4.96. The molecule has 2 amide bonds. The fraction of sp³-hybridized carbons (Fsp3) is 0.647. The molecule has 0 aliphatic carbocycles. The molecule has 1 aromatic heterocycles. The van der Waals surface area contributed by atoms with Crippen molar-refractivity contribution in [2.24, 2.45) is 0 Å². The van der Waals surface area contributed by atoms with Gasteiger partial charge in [0.15, 0.2) is 0 Å². The van der Waals surface area contributed by atoms with Gasteiger partial charge >= 0.3 is 0 Å². The van der Waals surface area contributed by atoms with E-state index in [1.165, 1.54) is 12.5 Å². The van der Waals surface area contributed by atoms with Crippen LogP contribution in [0, 0.1) is 0 Å². The lowest BCUT2D eigenvalue weighted by atomic mass is 10.2. The normalized spacial score (nSPS) is 15.7. The molecular weight excluding hydrogens is 294 g/mol. The van der Waals surface area contributed by atoms with Crippen molar-refractivity contribution in [2.75, 3.05) is 45.8 Å². The lowest BCUT2D eigenvalue weighted by Crippen LogP contribution is -2.51. The Labute approximate surface area is 138 Å². The van der Waals surface area contributed by atoms with Crippen LogP contribution in [0.25, 0.3) is 0 Å². The van der Waals surface area contributed by atoms with Crippen LogP contribution in [0.1, 0.15) is 37.0 Å². The Morgan fingerprint density at radius 1 is 1.13 bits per heavy atom. The summed E-state index contributed by atoms with van der Waals surface area (Å²) in [5.41, 5.74) is 0.589. The molecule has 23 heavy (non-hydrogen) atoms. The van der Waals surface area contributed by atoms with Crippen molar-refractivity contribution >= 4 is 11.8 Å². The molecule has 0 saturated carbocycles.